The summed E-state index contributed by atoms with van der Waals surface area (Å²) in [6, 6.07) is 13.3. The molecule has 1 aliphatic rings. The Morgan fingerprint density at radius 2 is 1.50 bits per heavy atom. The first-order valence-corrected chi connectivity index (χ1v) is 11.5. The quantitative estimate of drug-likeness (QED) is 0.458. The van der Waals surface area contributed by atoms with E-state index >= 15 is 0 Å². The van der Waals surface area contributed by atoms with Crippen LogP contribution in [0.25, 0.3) is 0 Å². The van der Waals surface area contributed by atoms with Crippen molar-refractivity contribution < 1.29 is 23.9 Å². The molecule has 0 bridgehead atoms. The van der Waals surface area contributed by atoms with Crippen LogP contribution in [0.1, 0.15) is 90.1 Å². The average Bonchev–Trinajstić information content (AvgIpc) is 3.01. The van der Waals surface area contributed by atoms with Gasteiger partial charge in [0.1, 0.15) is 5.60 Å². The molecule has 3 amide bonds. The van der Waals surface area contributed by atoms with Crippen molar-refractivity contribution in [1.82, 2.24) is 10.2 Å². The molecule has 0 aromatic heterocycles. The number of carbonyl (C=O) groups excluding carboxylic acids is 4. The van der Waals surface area contributed by atoms with E-state index < -0.39 is 11.6 Å². The summed E-state index contributed by atoms with van der Waals surface area (Å²) in [6.07, 6.45) is 0.685. The lowest BCUT2D eigenvalue weighted by molar-refractivity contribution is -0.154. The summed E-state index contributed by atoms with van der Waals surface area (Å²) in [4.78, 5) is 51.7. The largest absolute Gasteiger partial charge is 0.460 e. The monoisotopic (exact) mass is 464 g/mol. The Bertz CT molecular complexity index is 1050. The lowest BCUT2D eigenvalue weighted by atomic mass is 9.94. The number of hydrogen-bond donors (Lipinski definition) is 1. The van der Waals surface area contributed by atoms with Crippen LogP contribution in [0.15, 0.2) is 48.5 Å². The third-order valence-electron chi connectivity index (χ3n) is 5.42. The van der Waals surface area contributed by atoms with E-state index in [0.717, 1.165) is 5.56 Å². The van der Waals surface area contributed by atoms with E-state index in [2.05, 4.69) is 5.32 Å². The van der Waals surface area contributed by atoms with Gasteiger partial charge in [-0.25, -0.2) is 0 Å². The number of benzene rings is 2. The van der Waals surface area contributed by atoms with Crippen molar-refractivity contribution in [3.8, 4) is 0 Å². The van der Waals surface area contributed by atoms with Crippen LogP contribution in [0.2, 0.25) is 0 Å². The van der Waals surface area contributed by atoms with Gasteiger partial charge in [-0.15, -0.1) is 0 Å². The van der Waals surface area contributed by atoms with Crippen molar-refractivity contribution >= 4 is 23.7 Å². The standard InChI is InChI=1S/C27H32N2O5/c1-17(2)16-22(29-25(32)20-8-6-7-9-21(20)26(29)33)18-10-12-19(13-11-18)24(31)28-15-14-23(30)34-27(3,4)5/h6-13,17,22H,14-16H2,1-5H3,(H,28,31)/t22-/m0/s1. The maximum Gasteiger partial charge on any atom is 0.308 e. The van der Waals surface area contributed by atoms with Crippen molar-refractivity contribution in [1.29, 1.82) is 0 Å². The number of nitrogens with one attached hydrogen (secondary N) is 1. The first kappa shape index (κ1) is 25.1. The Labute approximate surface area is 200 Å². The highest BCUT2D eigenvalue weighted by Gasteiger charge is 2.40. The SMILES string of the molecule is CC(C)C[C@@H](c1ccc(C(=O)NCCC(=O)OC(C)(C)C)cc1)N1C(=O)c2ccccc2C1=O. The number of imide groups is 1. The van der Waals surface area contributed by atoms with Gasteiger partial charge >= 0.3 is 5.97 Å². The number of hydrogen-bond acceptors (Lipinski definition) is 5. The molecule has 2 aromatic rings. The van der Waals surface area contributed by atoms with E-state index in [1.165, 1.54) is 4.90 Å². The molecule has 7 heteroatoms. The number of rotatable bonds is 8. The highest BCUT2D eigenvalue weighted by Crippen LogP contribution is 2.35. The predicted molar refractivity (Wildman–Crippen MR) is 128 cm³/mol. The highest BCUT2D eigenvalue weighted by molar-refractivity contribution is 6.21. The highest BCUT2D eigenvalue weighted by atomic mass is 16.6. The minimum Gasteiger partial charge on any atom is -0.460 e. The third kappa shape index (κ3) is 5.90. The zero-order chi connectivity index (χ0) is 25.0. The lowest BCUT2D eigenvalue weighted by Crippen LogP contribution is -2.35. The van der Waals surface area contributed by atoms with Crippen molar-refractivity contribution in [2.45, 2.75) is 59.1 Å². The number of nitrogens with zero attached hydrogens (tertiary/aromatic N) is 1. The number of carbonyl (C=O) groups is 4. The Morgan fingerprint density at radius 3 is 2.00 bits per heavy atom. The van der Waals surface area contributed by atoms with Crippen LogP contribution in [-0.4, -0.2) is 40.7 Å². The van der Waals surface area contributed by atoms with E-state index in [9.17, 15) is 19.2 Å². The maximum atomic E-state index is 13.0. The van der Waals surface area contributed by atoms with Crippen molar-refractivity contribution in [2.24, 2.45) is 5.92 Å². The van der Waals surface area contributed by atoms with Crippen LogP contribution < -0.4 is 5.32 Å². The molecule has 0 fully saturated rings. The summed E-state index contributed by atoms with van der Waals surface area (Å²) < 4.78 is 5.24. The predicted octanol–water partition coefficient (Wildman–Crippen LogP) is 4.53. The van der Waals surface area contributed by atoms with Crippen LogP contribution in [0.4, 0.5) is 0 Å². The summed E-state index contributed by atoms with van der Waals surface area (Å²) in [5.74, 6) is -1.03. The molecule has 1 heterocycles. The summed E-state index contributed by atoms with van der Waals surface area (Å²) in [7, 11) is 0. The zero-order valence-electron chi connectivity index (χ0n) is 20.4. The summed E-state index contributed by atoms with van der Waals surface area (Å²) in [5, 5.41) is 2.72. The fraction of sp³-hybridized carbons (Fsp3) is 0.407. The normalized spacial score (nSPS) is 14.2. The minimum atomic E-state index is -0.567. The number of amides is 3. The number of fused-ring (bicyclic) bond motifs is 1. The van der Waals surface area contributed by atoms with Gasteiger partial charge in [0, 0.05) is 12.1 Å². The molecule has 0 saturated heterocycles. The van der Waals surface area contributed by atoms with Crippen molar-refractivity contribution in [2.75, 3.05) is 6.54 Å². The second-order valence-corrected chi connectivity index (χ2v) is 9.89. The molecule has 0 unspecified atom stereocenters. The van der Waals surface area contributed by atoms with Gasteiger partial charge in [-0.05, 0) is 62.9 Å². The average molecular weight is 465 g/mol. The molecule has 7 nitrogen and oxygen atoms in total. The Kier molecular flexibility index (Phi) is 7.54. The van der Waals surface area contributed by atoms with Gasteiger partial charge in [0.15, 0.2) is 0 Å². The van der Waals surface area contributed by atoms with Gasteiger partial charge in [0.25, 0.3) is 17.7 Å². The Hall–Kier alpha value is -3.48. The first-order valence-electron chi connectivity index (χ1n) is 11.5. The molecule has 1 atom stereocenters. The minimum absolute atomic E-state index is 0.0807. The maximum absolute atomic E-state index is 13.0. The Balaban J connectivity index is 1.71. The topological polar surface area (TPSA) is 92.8 Å². The molecule has 0 saturated carbocycles. The summed E-state index contributed by atoms with van der Waals surface area (Å²) in [5.41, 5.74) is 1.49. The Morgan fingerprint density at radius 1 is 0.941 bits per heavy atom. The summed E-state index contributed by atoms with van der Waals surface area (Å²) >= 11 is 0. The second-order valence-electron chi connectivity index (χ2n) is 9.89. The lowest BCUT2D eigenvalue weighted by Gasteiger charge is -2.28. The molecular weight excluding hydrogens is 432 g/mol. The van der Waals surface area contributed by atoms with Gasteiger partial charge in [-0.3, -0.25) is 24.1 Å². The molecule has 3 rings (SSSR count). The van der Waals surface area contributed by atoms with Crippen LogP contribution in [-0.2, 0) is 9.53 Å². The van der Waals surface area contributed by atoms with Gasteiger partial charge < -0.3 is 10.1 Å². The van der Waals surface area contributed by atoms with E-state index in [0.29, 0.717) is 23.1 Å². The molecular formula is C27H32N2O5. The van der Waals surface area contributed by atoms with Crippen LogP contribution >= 0.6 is 0 Å². The molecule has 0 spiro atoms. The first-order chi connectivity index (χ1) is 16.0. The fourth-order valence-corrected chi connectivity index (χ4v) is 3.96. The molecule has 1 aliphatic heterocycles. The van der Waals surface area contributed by atoms with Crippen molar-refractivity contribution in [3.63, 3.8) is 0 Å². The molecule has 0 radical (unpaired) electrons. The molecule has 180 valence electrons. The fourth-order valence-electron chi connectivity index (χ4n) is 3.96. The van der Waals surface area contributed by atoms with Crippen LogP contribution in [0.5, 0.6) is 0 Å². The zero-order valence-corrected chi connectivity index (χ0v) is 20.4. The number of esters is 1. The van der Waals surface area contributed by atoms with Gasteiger partial charge in [0.05, 0.1) is 23.6 Å². The summed E-state index contributed by atoms with van der Waals surface area (Å²) in [6.45, 7) is 9.62. The number of ether oxygens (including phenoxy) is 1. The third-order valence-corrected chi connectivity index (χ3v) is 5.42. The molecule has 0 aliphatic carbocycles. The smallest absolute Gasteiger partial charge is 0.308 e. The molecule has 1 N–H and O–H groups in total. The van der Waals surface area contributed by atoms with Crippen LogP contribution in [0, 0.1) is 5.92 Å². The second kappa shape index (κ2) is 10.2. The van der Waals surface area contributed by atoms with E-state index in [1.54, 1.807) is 69.3 Å². The van der Waals surface area contributed by atoms with Crippen LogP contribution in [0.3, 0.4) is 0 Å². The molecule has 2 aromatic carbocycles. The van der Waals surface area contributed by atoms with E-state index in [-0.39, 0.29) is 42.6 Å². The van der Waals surface area contributed by atoms with Gasteiger partial charge in [-0.2, -0.15) is 0 Å². The molecule has 34 heavy (non-hydrogen) atoms. The van der Waals surface area contributed by atoms with Gasteiger partial charge in [-0.1, -0.05) is 38.1 Å². The van der Waals surface area contributed by atoms with E-state index in [1.807, 2.05) is 13.8 Å². The van der Waals surface area contributed by atoms with Crippen molar-refractivity contribution in [3.05, 3.63) is 70.8 Å². The van der Waals surface area contributed by atoms with Gasteiger partial charge in [0.2, 0.25) is 0 Å². The van der Waals surface area contributed by atoms with E-state index in [4.69, 9.17) is 4.74 Å².